The van der Waals surface area contributed by atoms with Gasteiger partial charge in [-0.3, -0.25) is 4.79 Å². The van der Waals surface area contributed by atoms with Crippen LogP contribution in [0.4, 0.5) is 4.39 Å². The van der Waals surface area contributed by atoms with Gasteiger partial charge in [-0.25, -0.2) is 4.39 Å². The van der Waals surface area contributed by atoms with E-state index in [1.54, 1.807) is 12.1 Å². The highest BCUT2D eigenvalue weighted by Gasteiger charge is 2.36. The first-order valence-corrected chi connectivity index (χ1v) is 7.86. The van der Waals surface area contributed by atoms with Crippen molar-refractivity contribution in [1.82, 2.24) is 9.88 Å². The van der Waals surface area contributed by atoms with Gasteiger partial charge in [-0.1, -0.05) is 25.0 Å². The van der Waals surface area contributed by atoms with E-state index in [-0.39, 0.29) is 11.7 Å². The predicted octanol–water partition coefficient (Wildman–Crippen LogP) is 3.79. The van der Waals surface area contributed by atoms with Gasteiger partial charge in [0.15, 0.2) is 0 Å². The van der Waals surface area contributed by atoms with Gasteiger partial charge in [-0.2, -0.15) is 0 Å². The van der Waals surface area contributed by atoms with Crippen LogP contribution in [0.25, 0.3) is 11.1 Å². The molecule has 0 saturated heterocycles. The van der Waals surface area contributed by atoms with Crippen molar-refractivity contribution in [3.63, 3.8) is 0 Å². The summed E-state index contributed by atoms with van der Waals surface area (Å²) in [6.07, 6.45) is 5.67. The van der Waals surface area contributed by atoms with Crippen LogP contribution in [0.15, 0.2) is 30.5 Å². The zero-order valence-electron chi connectivity index (χ0n) is 12.6. The zero-order chi connectivity index (χ0) is 15.3. The van der Waals surface area contributed by atoms with Crippen molar-refractivity contribution in [2.45, 2.75) is 25.2 Å². The van der Waals surface area contributed by atoms with E-state index < -0.39 is 0 Å². The lowest BCUT2D eigenvalue weighted by atomic mass is 9.88. The lowest BCUT2D eigenvalue weighted by molar-refractivity contribution is 0.0761. The van der Waals surface area contributed by atoms with Crippen LogP contribution in [0.5, 0.6) is 0 Å². The highest BCUT2D eigenvalue weighted by atomic mass is 19.1. The molecule has 0 spiro atoms. The maximum atomic E-state index is 13.1. The van der Waals surface area contributed by atoms with Gasteiger partial charge in [-0.05, 0) is 30.0 Å². The van der Waals surface area contributed by atoms with E-state index in [0.29, 0.717) is 5.92 Å². The van der Waals surface area contributed by atoms with Crippen LogP contribution >= 0.6 is 0 Å². The second-order valence-corrected chi connectivity index (χ2v) is 6.56. The Balaban J connectivity index is 1.77. The maximum Gasteiger partial charge on any atom is 0.256 e. The molecule has 1 fully saturated rings. The number of nitrogens with one attached hydrogen (secondary N) is 1. The number of fused-ring (bicyclic) bond motifs is 1. The average molecular weight is 298 g/mol. The minimum atomic E-state index is -0.261. The van der Waals surface area contributed by atoms with E-state index >= 15 is 0 Å². The number of hydrogen-bond acceptors (Lipinski definition) is 1. The van der Waals surface area contributed by atoms with E-state index in [1.807, 2.05) is 18.1 Å². The number of likely N-dealkylation sites (N-methyl/N-ethyl adjacent to an activating group) is 1. The van der Waals surface area contributed by atoms with Crippen molar-refractivity contribution in [2.75, 3.05) is 13.6 Å². The van der Waals surface area contributed by atoms with Crippen LogP contribution in [0, 0.1) is 11.7 Å². The molecule has 3 nitrogen and oxygen atoms in total. The topological polar surface area (TPSA) is 36.1 Å². The zero-order valence-corrected chi connectivity index (χ0v) is 12.6. The van der Waals surface area contributed by atoms with Crippen molar-refractivity contribution in [3.05, 3.63) is 47.5 Å². The summed E-state index contributed by atoms with van der Waals surface area (Å²) in [7, 11) is 1.87. The van der Waals surface area contributed by atoms with Gasteiger partial charge in [0.1, 0.15) is 5.82 Å². The number of H-pyrrole nitrogens is 1. The molecule has 1 atom stereocenters. The molecule has 1 aliphatic heterocycles. The SMILES string of the molecule is CN1CC(CC2CC2)c2[nH]cc(-c3ccc(F)cc3)c2C1=O. The molecule has 1 unspecified atom stereocenters. The number of aromatic amines is 1. The lowest BCUT2D eigenvalue weighted by Crippen LogP contribution is -2.37. The summed E-state index contributed by atoms with van der Waals surface area (Å²) in [6, 6.07) is 6.34. The molecule has 1 N–H and O–H groups in total. The van der Waals surface area contributed by atoms with E-state index in [9.17, 15) is 9.18 Å². The Bertz CT molecular complexity index is 715. The molecule has 1 aromatic carbocycles. The fourth-order valence-electron chi connectivity index (χ4n) is 3.49. The molecule has 4 rings (SSSR count). The normalized spacial score (nSPS) is 21.1. The Hall–Kier alpha value is -2.10. The van der Waals surface area contributed by atoms with Crippen molar-refractivity contribution >= 4 is 5.91 Å². The van der Waals surface area contributed by atoms with E-state index in [0.717, 1.165) is 41.3 Å². The number of carbonyl (C=O) groups excluding carboxylic acids is 1. The van der Waals surface area contributed by atoms with Gasteiger partial charge in [0.25, 0.3) is 5.91 Å². The van der Waals surface area contributed by atoms with Crippen LogP contribution in [0.1, 0.15) is 41.2 Å². The molecular formula is C18H19FN2O. The van der Waals surface area contributed by atoms with E-state index in [2.05, 4.69) is 4.98 Å². The molecule has 4 heteroatoms. The molecule has 0 bridgehead atoms. The fourth-order valence-corrected chi connectivity index (χ4v) is 3.49. The molecule has 1 aliphatic carbocycles. The van der Waals surface area contributed by atoms with Crippen LogP contribution in [-0.4, -0.2) is 29.4 Å². The van der Waals surface area contributed by atoms with Gasteiger partial charge in [0.05, 0.1) is 5.56 Å². The second kappa shape index (κ2) is 4.97. The summed E-state index contributed by atoms with van der Waals surface area (Å²) in [5, 5.41) is 0. The quantitative estimate of drug-likeness (QED) is 0.919. The number of carbonyl (C=O) groups is 1. The standard InChI is InChI=1S/C18H19FN2O/c1-21-10-13(8-11-2-3-11)17-16(18(21)22)15(9-20-17)12-4-6-14(19)7-5-12/h4-7,9,11,13,20H,2-3,8,10H2,1H3. The molecule has 2 aromatic rings. The third-order valence-corrected chi connectivity index (χ3v) is 4.84. The number of hydrogen-bond donors (Lipinski definition) is 1. The first-order valence-electron chi connectivity index (χ1n) is 7.86. The van der Waals surface area contributed by atoms with Gasteiger partial charge < -0.3 is 9.88 Å². The Labute approximate surface area is 129 Å². The molecular weight excluding hydrogens is 279 g/mol. The number of nitrogens with zero attached hydrogens (tertiary/aromatic N) is 1. The molecule has 2 heterocycles. The molecule has 1 aromatic heterocycles. The Morgan fingerprint density at radius 1 is 1.27 bits per heavy atom. The minimum Gasteiger partial charge on any atom is -0.363 e. The first kappa shape index (κ1) is 13.6. The molecule has 1 amide bonds. The minimum absolute atomic E-state index is 0.0580. The number of rotatable bonds is 3. The maximum absolute atomic E-state index is 13.1. The Morgan fingerprint density at radius 3 is 2.68 bits per heavy atom. The molecule has 114 valence electrons. The number of amides is 1. The van der Waals surface area contributed by atoms with Crippen LogP contribution in [-0.2, 0) is 0 Å². The smallest absolute Gasteiger partial charge is 0.256 e. The van der Waals surface area contributed by atoms with Gasteiger partial charge in [0.2, 0.25) is 0 Å². The fraction of sp³-hybridized carbons (Fsp3) is 0.389. The molecule has 2 aliphatic rings. The van der Waals surface area contributed by atoms with Gasteiger partial charge in [-0.15, -0.1) is 0 Å². The van der Waals surface area contributed by atoms with Crippen molar-refractivity contribution in [1.29, 1.82) is 0 Å². The molecule has 0 radical (unpaired) electrons. The van der Waals surface area contributed by atoms with Crippen LogP contribution < -0.4 is 0 Å². The molecule has 22 heavy (non-hydrogen) atoms. The van der Waals surface area contributed by atoms with Crippen molar-refractivity contribution < 1.29 is 9.18 Å². The summed E-state index contributed by atoms with van der Waals surface area (Å²) in [5.41, 5.74) is 3.60. The average Bonchev–Trinajstić information content (AvgIpc) is 3.21. The largest absolute Gasteiger partial charge is 0.363 e. The van der Waals surface area contributed by atoms with Gasteiger partial charge in [0, 0.05) is 37.0 Å². The highest BCUT2D eigenvalue weighted by Crippen LogP contribution is 2.42. The van der Waals surface area contributed by atoms with Crippen molar-refractivity contribution in [2.24, 2.45) is 5.92 Å². The molecule has 1 saturated carbocycles. The number of aromatic nitrogens is 1. The van der Waals surface area contributed by atoms with Gasteiger partial charge >= 0.3 is 0 Å². The predicted molar refractivity (Wildman–Crippen MR) is 83.2 cm³/mol. The van der Waals surface area contributed by atoms with Crippen molar-refractivity contribution in [3.8, 4) is 11.1 Å². The summed E-state index contributed by atoms with van der Waals surface area (Å²) < 4.78 is 13.1. The third-order valence-electron chi connectivity index (χ3n) is 4.84. The van der Waals surface area contributed by atoms with Crippen LogP contribution in [0.2, 0.25) is 0 Å². The Kier molecular flexibility index (Phi) is 3.06. The monoisotopic (exact) mass is 298 g/mol. The third kappa shape index (κ3) is 2.23. The first-order chi connectivity index (χ1) is 10.6. The number of halogens is 1. The summed E-state index contributed by atoms with van der Waals surface area (Å²) in [6.45, 7) is 0.783. The van der Waals surface area contributed by atoms with E-state index in [4.69, 9.17) is 0 Å². The second-order valence-electron chi connectivity index (χ2n) is 6.56. The summed E-state index contributed by atoms with van der Waals surface area (Å²) >= 11 is 0. The summed E-state index contributed by atoms with van der Waals surface area (Å²) in [4.78, 5) is 17.8. The van der Waals surface area contributed by atoms with E-state index in [1.165, 1.54) is 25.0 Å². The lowest BCUT2D eigenvalue weighted by Gasteiger charge is -2.30. The van der Waals surface area contributed by atoms with Crippen LogP contribution in [0.3, 0.4) is 0 Å². The highest BCUT2D eigenvalue weighted by molar-refractivity contribution is 6.03. The summed E-state index contributed by atoms with van der Waals surface area (Å²) in [5.74, 6) is 1.00. The number of benzene rings is 1. The Morgan fingerprint density at radius 2 is 2.00 bits per heavy atom.